The summed E-state index contributed by atoms with van der Waals surface area (Å²) >= 11 is 0. The molecule has 0 spiro atoms. The minimum atomic E-state index is 0.140. The molecule has 0 aliphatic rings. The predicted octanol–water partition coefficient (Wildman–Crippen LogP) is 1.59. The first-order chi connectivity index (χ1) is 6.86. The molecule has 3 heteroatoms. The highest BCUT2D eigenvalue weighted by Crippen LogP contribution is 2.19. The van der Waals surface area contributed by atoms with Crippen LogP contribution < -0.4 is 5.32 Å². The number of carbonyl (C=O) groups is 1. The van der Waals surface area contributed by atoms with Crippen LogP contribution in [0.4, 0.5) is 0 Å². The summed E-state index contributed by atoms with van der Waals surface area (Å²) in [4.78, 5) is 12.9. The van der Waals surface area contributed by atoms with Crippen LogP contribution in [0.2, 0.25) is 0 Å². The second-order valence-corrected chi connectivity index (χ2v) is 5.07. The van der Waals surface area contributed by atoms with E-state index in [2.05, 4.69) is 33.0 Å². The van der Waals surface area contributed by atoms with Gasteiger partial charge in [-0.1, -0.05) is 27.7 Å². The average Bonchev–Trinajstić information content (AvgIpc) is 2.10. The van der Waals surface area contributed by atoms with Gasteiger partial charge in [0.2, 0.25) is 5.91 Å². The van der Waals surface area contributed by atoms with Crippen molar-refractivity contribution in [1.29, 1.82) is 0 Å². The maximum atomic E-state index is 11.3. The topological polar surface area (TPSA) is 32.3 Å². The van der Waals surface area contributed by atoms with Crippen LogP contribution in [0.3, 0.4) is 0 Å². The van der Waals surface area contributed by atoms with Crippen molar-refractivity contribution in [3.05, 3.63) is 0 Å². The fourth-order valence-electron chi connectivity index (χ4n) is 1.75. The zero-order valence-electron chi connectivity index (χ0n) is 11.0. The molecule has 0 saturated heterocycles. The van der Waals surface area contributed by atoms with Crippen molar-refractivity contribution in [2.75, 3.05) is 27.2 Å². The van der Waals surface area contributed by atoms with Gasteiger partial charge in [-0.05, 0) is 24.3 Å². The quantitative estimate of drug-likeness (QED) is 0.728. The van der Waals surface area contributed by atoms with Crippen LogP contribution >= 0.6 is 0 Å². The predicted molar refractivity (Wildman–Crippen MR) is 64.7 cm³/mol. The van der Waals surface area contributed by atoms with Gasteiger partial charge in [0.15, 0.2) is 0 Å². The van der Waals surface area contributed by atoms with E-state index in [9.17, 15) is 4.79 Å². The van der Waals surface area contributed by atoms with Gasteiger partial charge in [0, 0.05) is 14.1 Å². The lowest BCUT2D eigenvalue weighted by molar-refractivity contribution is -0.127. The van der Waals surface area contributed by atoms with Gasteiger partial charge in [0.25, 0.3) is 0 Å². The van der Waals surface area contributed by atoms with Crippen molar-refractivity contribution in [3.63, 3.8) is 0 Å². The Kier molecular flexibility index (Phi) is 6.57. The van der Waals surface area contributed by atoms with E-state index in [-0.39, 0.29) is 5.91 Å². The van der Waals surface area contributed by atoms with Crippen LogP contribution in [-0.2, 0) is 4.79 Å². The second-order valence-electron chi connectivity index (χ2n) is 5.07. The summed E-state index contributed by atoms with van der Waals surface area (Å²) in [5, 5.41) is 3.24. The number of nitrogens with one attached hydrogen (secondary N) is 1. The fraction of sp³-hybridized carbons (Fsp3) is 0.917. The van der Waals surface area contributed by atoms with E-state index in [0.717, 1.165) is 6.54 Å². The molecule has 0 fully saturated rings. The molecule has 0 saturated carbocycles. The first kappa shape index (κ1) is 14.4. The van der Waals surface area contributed by atoms with E-state index in [1.54, 1.807) is 19.0 Å². The van der Waals surface area contributed by atoms with Crippen molar-refractivity contribution < 1.29 is 4.79 Å². The van der Waals surface area contributed by atoms with Gasteiger partial charge in [-0.25, -0.2) is 0 Å². The molecule has 0 aromatic carbocycles. The van der Waals surface area contributed by atoms with Gasteiger partial charge >= 0.3 is 0 Å². The first-order valence-electron chi connectivity index (χ1n) is 5.77. The maximum Gasteiger partial charge on any atom is 0.236 e. The summed E-state index contributed by atoms with van der Waals surface area (Å²) in [5.74, 6) is 2.10. The lowest BCUT2D eigenvalue weighted by Crippen LogP contribution is -2.37. The number of rotatable bonds is 6. The smallest absolute Gasteiger partial charge is 0.236 e. The number of likely N-dealkylation sites (N-methyl/N-ethyl adjacent to an activating group) is 1. The Balaban J connectivity index is 3.87. The SMILES string of the molecule is CC(C)C(CNCC(=O)N(C)C)C(C)C. The minimum Gasteiger partial charge on any atom is -0.348 e. The molecular weight excluding hydrogens is 188 g/mol. The standard InChI is InChI=1S/C12H26N2O/c1-9(2)11(10(3)4)7-13-8-12(15)14(5)6/h9-11,13H,7-8H2,1-6H3. The molecule has 3 nitrogen and oxygen atoms in total. The van der Waals surface area contributed by atoms with Crippen molar-refractivity contribution >= 4 is 5.91 Å². The van der Waals surface area contributed by atoms with Gasteiger partial charge in [-0.3, -0.25) is 4.79 Å². The van der Waals surface area contributed by atoms with Gasteiger partial charge in [-0.2, -0.15) is 0 Å². The van der Waals surface area contributed by atoms with E-state index in [0.29, 0.717) is 24.3 Å². The third-order valence-electron chi connectivity index (χ3n) is 2.87. The molecule has 90 valence electrons. The number of carbonyl (C=O) groups excluding carboxylic acids is 1. The van der Waals surface area contributed by atoms with Crippen LogP contribution in [0.15, 0.2) is 0 Å². The number of nitrogens with zero attached hydrogens (tertiary/aromatic N) is 1. The lowest BCUT2D eigenvalue weighted by atomic mass is 9.85. The highest BCUT2D eigenvalue weighted by atomic mass is 16.2. The molecule has 0 aliphatic carbocycles. The average molecular weight is 214 g/mol. The van der Waals surface area contributed by atoms with Crippen LogP contribution in [0, 0.1) is 17.8 Å². The number of hydrogen-bond acceptors (Lipinski definition) is 2. The molecule has 0 radical (unpaired) electrons. The molecule has 1 N–H and O–H groups in total. The van der Waals surface area contributed by atoms with Crippen LogP contribution in [-0.4, -0.2) is 38.0 Å². The molecular formula is C12H26N2O. The monoisotopic (exact) mass is 214 g/mol. The molecule has 0 unspecified atom stereocenters. The van der Waals surface area contributed by atoms with E-state index >= 15 is 0 Å². The van der Waals surface area contributed by atoms with Crippen LogP contribution in [0.5, 0.6) is 0 Å². The summed E-state index contributed by atoms with van der Waals surface area (Å²) in [7, 11) is 3.57. The largest absolute Gasteiger partial charge is 0.348 e. The second kappa shape index (κ2) is 6.83. The fourth-order valence-corrected chi connectivity index (χ4v) is 1.75. The van der Waals surface area contributed by atoms with Crippen LogP contribution in [0.1, 0.15) is 27.7 Å². The third kappa shape index (κ3) is 5.78. The Hall–Kier alpha value is -0.570. The minimum absolute atomic E-state index is 0.140. The summed E-state index contributed by atoms with van der Waals surface area (Å²) in [6.07, 6.45) is 0. The van der Waals surface area contributed by atoms with E-state index in [4.69, 9.17) is 0 Å². The lowest BCUT2D eigenvalue weighted by Gasteiger charge is -2.25. The van der Waals surface area contributed by atoms with Gasteiger partial charge < -0.3 is 10.2 Å². The summed E-state index contributed by atoms with van der Waals surface area (Å²) in [6.45, 7) is 10.3. The van der Waals surface area contributed by atoms with Gasteiger partial charge in [0.05, 0.1) is 6.54 Å². The van der Waals surface area contributed by atoms with E-state index < -0.39 is 0 Å². The molecule has 1 amide bonds. The van der Waals surface area contributed by atoms with Crippen molar-refractivity contribution in [2.24, 2.45) is 17.8 Å². The zero-order chi connectivity index (χ0) is 12.0. The van der Waals surface area contributed by atoms with E-state index in [1.165, 1.54) is 0 Å². The van der Waals surface area contributed by atoms with Gasteiger partial charge in [0.1, 0.15) is 0 Å². The van der Waals surface area contributed by atoms with Crippen molar-refractivity contribution in [1.82, 2.24) is 10.2 Å². The van der Waals surface area contributed by atoms with Crippen molar-refractivity contribution in [3.8, 4) is 0 Å². The Morgan fingerprint density at radius 1 is 1.13 bits per heavy atom. The van der Waals surface area contributed by atoms with E-state index in [1.807, 2.05) is 0 Å². The Labute approximate surface area is 94.2 Å². The molecule has 0 aromatic rings. The summed E-state index contributed by atoms with van der Waals surface area (Å²) < 4.78 is 0. The normalized spacial score (nSPS) is 11.5. The zero-order valence-corrected chi connectivity index (χ0v) is 11.0. The Morgan fingerprint density at radius 2 is 1.60 bits per heavy atom. The molecule has 0 rings (SSSR count). The third-order valence-corrected chi connectivity index (χ3v) is 2.87. The maximum absolute atomic E-state index is 11.3. The molecule has 0 aromatic heterocycles. The Morgan fingerprint density at radius 3 is 1.93 bits per heavy atom. The highest BCUT2D eigenvalue weighted by molar-refractivity contribution is 5.77. The molecule has 0 heterocycles. The highest BCUT2D eigenvalue weighted by Gasteiger charge is 2.17. The van der Waals surface area contributed by atoms with Crippen molar-refractivity contribution in [2.45, 2.75) is 27.7 Å². The molecule has 0 bridgehead atoms. The number of amides is 1. The number of hydrogen-bond donors (Lipinski definition) is 1. The van der Waals surface area contributed by atoms with Crippen LogP contribution in [0.25, 0.3) is 0 Å². The molecule has 0 aliphatic heterocycles. The molecule has 0 atom stereocenters. The molecule has 15 heavy (non-hydrogen) atoms. The van der Waals surface area contributed by atoms with Gasteiger partial charge in [-0.15, -0.1) is 0 Å². The first-order valence-corrected chi connectivity index (χ1v) is 5.77. The summed E-state index contributed by atoms with van der Waals surface area (Å²) in [6, 6.07) is 0. The summed E-state index contributed by atoms with van der Waals surface area (Å²) in [5.41, 5.74) is 0. The Bertz CT molecular complexity index is 180.